The van der Waals surface area contributed by atoms with Gasteiger partial charge in [-0.05, 0) is 52.6 Å². The maximum atomic E-state index is 12.5. The summed E-state index contributed by atoms with van der Waals surface area (Å²) >= 11 is 7.45. The zero-order valence-corrected chi connectivity index (χ0v) is 17.5. The molecule has 0 aliphatic heterocycles. The van der Waals surface area contributed by atoms with Crippen LogP contribution in [0, 0.1) is 0 Å². The fraction of sp³-hybridized carbons (Fsp3) is 0.300. The largest absolute Gasteiger partial charge is 0.351 e. The molecule has 8 heteroatoms. The molecular formula is C20H22ClN5OS. The zero-order valence-electron chi connectivity index (χ0n) is 16.0. The van der Waals surface area contributed by atoms with Crippen LogP contribution in [0.15, 0.2) is 53.7 Å². The maximum Gasteiger partial charge on any atom is 0.233 e. The molecule has 0 saturated carbocycles. The van der Waals surface area contributed by atoms with Gasteiger partial charge in [-0.3, -0.25) is 4.79 Å². The van der Waals surface area contributed by atoms with Crippen molar-refractivity contribution in [2.24, 2.45) is 0 Å². The van der Waals surface area contributed by atoms with E-state index in [1.165, 1.54) is 17.3 Å². The molecule has 1 amide bonds. The molecule has 1 N–H and O–H groups in total. The number of nitrogens with zero attached hydrogens (tertiary/aromatic N) is 4. The summed E-state index contributed by atoms with van der Waals surface area (Å²) in [6.07, 6.45) is 0. The Balaban J connectivity index is 1.64. The Bertz CT molecular complexity index is 942. The molecular weight excluding hydrogens is 394 g/mol. The Morgan fingerprint density at radius 3 is 2.54 bits per heavy atom. The quantitative estimate of drug-likeness (QED) is 0.584. The third-order valence-electron chi connectivity index (χ3n) is 4.31. The van der Waals surface area contributed by atoms with Gasteiger partial charge in [-0.15, -0.1) is 5.10 Å². The van der Waals surface area contributed by atoms with Crippen LogP contribution in [0.2, 0.25) is 5.02 Å². The topological polar surface area (TPSA) is 72.7 Å². The highest BCUT2D eigenvalue weighted by Gasteiger charge is 2.19. The highest BCUT2D eigenvalue weighted by Crippen LogP contribution is 2.24. The number of hydrogen-bond acceptors (Lipinski definition) is 5. The number of aromatic nitrogens is 4. The van der Waals surface area contributed by atoms with Gasteiger partial charge < -0.3 is 5.32 Å². The second-order valence-electron chi connectivity index (χ2n) is 6.69. The molecule has 0 aliphatic rings. The number of nitrogens with one attached hydrogen (secondary N) is 1. The number of amides is 1. The predicted octanol–water partition coefficient (Wildman–Crippen LogP) is 4.24. The first-order chi connectivity index (χ1) is 13.5. The van der Waals surface area contributed by atoms with E-state index in [2.05, 4.69) is 46.8 Å². The van der Waals surface area contributed by atoms with E-state index in [-0.39, 0.29) is 11.2 Å². The molecule has 0 fully saturated rings. The number of hydrogen-bond donors (Lipinski definition) is 1. The highest BCUT2D eigenvalue weighted by molar-refractivity contribution is 8.00. The standard InChI is InChI=1S/C20H22ClN5OS/c1-13(2)15-8-10-17(11-9-15)26-20(23-24-25-26)28-14(3)19(27)22-12-16-6-4-5-7-18(16)21/h4-11,13-14H,12H2,1-3H3,(H,22,27)/t14-/m0/s1. The Hall–Kier alpha value is -2.38. The van der Waals surface area contributed by atoms with Crippen molar-refractivity contribution in [1.82, 2.24) is 25.5 Å². The predicted molar refractivity (Wildman–Crippen MR) is 112 cm³/mol. The molecule has 28 heavy (non-hydrogen) atoms. The second kappa shape index (κ2) is 9.21. The third kappa shape index (κ3) is 4.91. The van der Waals surface area contributed by atoms with Crippen molar-refractivity contribution < 1.29 is 4.79 Å². The number of halogens is 1. The fourth-order valence-corrected chi connectivity index (χ4v) is 3.63. The maximum absolute atomic E-state index is 12.5. The van der Waals surface area contributed by atoms with Crippen molar-refractivity contribution in [3.8, 4) is 5.69 Å². The van der Waals surface area contributed by atoms with Crippen LogP contribution in [0.5, 0.6) is 0 Å². The van der Waals surface area contributed by atoms with Gasteiger partial charge in [0, 0.05) is 11.6 Å². The fourth-order valence-electron chi connectivity index (χ4n) is 2.59. The summed E-state index contributed by atoms with van der Waals surface area (Å²) in [6, 6.07) is 15.5. The summed E-state index contributed by atoms with van der Waals surface area (Å²) in [4.78, 5) is 12.5. The summed E-state index contributed by atoms with van der Waals surface area (Å²) in [5.74, 6) is 0.355. The summed E-state index contributed by atoms with van der Waals surface area (Å²) in [5, 5.41) is 15.7. The lowest BCUT2D eigenvalue weighted by molar-refractivity contribution is -0.120. The number of thioether (sulfide) groups is 1. The van der Waals surface area contributed by atoms with Gasteiger partial charge in [-0.1, -0.05) is 67.5 Å². The van der Waals surface area contributed by atoms with Crippen LogP contribution in [0.1, 0.15) is 37.8 Å². The number of tetrazole rings is 1. The second-order valence-corrected chi connectivity index (χ2v) is 8.40. The van der Waals surface area contributed by atoms with E-state index in [4.69, 9.17) is 11.6 Å². The van der Waals surface area contributed by atoms with E-state index in [9.17, 15) is 4.79 Å². The SMILES string of the molecule is CC(C)c1ccc(-n2nnnc2S[C@@H](C)C(=O)NCc2ccccc2Cl)cc1. The van der Waals surface area contributed by atoms with Crippen LogP contribution in [0.4, 0.5) is 0 Å². The number of carbonyl (C=O) groups excluding carboxylic acids is 1. The minimum Gasteiger partial charge on any atom is -0.351 e. The average molecular weight is 416 g/mol. The van der Waals surface area contributed by atoms with E-state index < -0.39 is 0 Å². The van der Waals surface area contributed by atoms with Gasteiger partial charge >= 0.3 is 0 Å². The lowest BCUT2D eigenvalue weighted by Gasteiger charge is -2.12. The van der Waals surface area contributed by atoms with E-state index in [0.29, 0.717) is 22.6 Å². The summed E-state index contributed by atoms with van der Waals surface area (Å²) in [6.45, 7) is 6.50. The van der Waals surface area contributed by atoms with Crippen LogP contribution in [0.25, 0.3) is 5.69 Å². The zero-order chi connectivity index (χ0) is 20.1. The Kier molecular flexibility index (Phi) is 6.70. The molecule has 6 nitrogen and oxygen atoms in total. The van der Waals surface area contributed by atoms with Gasteiger partial charge in [0.1, 0.15) is 0 Å². The molecule has 2 aromatic carbocycles. The lowest BCUT2D eigenvalue weighted by atomic mass is 10.0. The number of rotatable bonds is 7. The summed E-state index contributed by atoms with van der Waals surface area (Å²) < 4.78 is 1.65. The number of benzene rings is 2. The van der Waals surface area contributed by atoms with E-state index >= 15 is 0 Å². The average Bonchev–Trinajstić information content (AvgIpc) is 3.15. The lowest BCUT2D eigenvalue weighted by Crippen LogP contribution is -2.30. The molecule has 3 aromatic rings. The van der Waals surface area contributed by atoms with E-state index in [1.54, 1.807) is 10.7 Å². The molecule has 0 saturated heterocycles. The van der Waals surface area contributed by atoms with E-state index in [0.717, 1.165) is 11.3 Å². The van der Waals surface area contributed by atoms with E-state index in [1.807, 2.05) is 37.3 Å². The Morgan fingerprint density at radius 2 is 1.86 bits per heavy atom. The monoisotopic (exact) mass is 415 g/mol. The van der Waals surface area contributed by atoms with Crippen LogP contribution < -0.4 is 5.32 Å². The Morgan fingerprint density at radius 1 is 1.14 bits per heavy atom. The van der Waals surface area contributed by atoms with Gasteiger partial charge in [-0.25, -0.2) is 0 Å². The molecule has 1 heterocycles. The molecule has 0 unspecified atom stereocenters. The van der Waals surface area contributed by atoms with Crippen LogP contribution >= 0.6 is 23.4 Å². The first-order valence-corrected chi connectivity index (χ1v) is 10.3. The van der Waals surface area contributed by atoms with Crippen molar-refractivity contribution in [3.63, 3.8) is 0 Å². The molecule has 146 valence electrons. The Labute approximate surface area is 173 Å². The molecule has 1 atom stereocenters. The third-order valence-corrected chi connectivity index (χ3v) is 5.71. The highest BCUT2D eigenvalue weighted by atomic mass is 35.5. The van der Waals surface area contributed by atoms with Crippen molar-refractivity contribution >= 4 is 29.3 Å². The first-order valence-electron chi connectivity index (χ1n) is 9.02. The summed E-state index contributed by atoms with van der Waals surface area (Å²) in [5.41, 5.74) is 2.99. The normalized spacial score (nSPS) is 12.2. The number of carbonyl (C=O) groups is 1. The molecule has 0 spiro atoms. The van der Waals surface area contributed by atoms with Crippen molar-refractivity contribution in [3.05, 3.63) is 64.7 Å². The first kappa shape index (κ1) is 20.4. The van der Waals surface area contributed by atoms with Gasteiger partial charge in [0.15, 0.2) is 0 Å². The van der Waals surface area contributed by atoms with Gasteiger partial charge in [0.05, 0.1) is 10.9 Å². The van der Waals surface area contributed by atoms with Gasteiger partial charge in [0.2, 0.25) is 11.1 Å². The van der Waals surface area contributed by atoms with Crippen LogP contribution in [-0.4, -0.2) is 31.4 Å². The van der Waals surface area contributed by atoms with Crippen LogP contribution in [-0.2, 0) is 11.3 Å². The van der Waals surface area contributed by atoms with Crippen molar-refractivity contribution in [2.75, 3.05) is 0 Å². The molecule has 3 rings (SSSR count). The van der Waals surface area contributed by atoms with Crippen molar-refractivity contribution in [2.45, 2.75) is 43.6 Å². The van der Waals surface area contributed by atoms with Crippen molar-refractivity contribution in [1.29, 1.82) is 0 Å². The molecule has 0 radical (unpaired) electrons. The minimum absolute atomic E-state index is 0.102. The van der Waals surface area contributed by atoms with Gasteiger partial charge in [0.25, 0.3) is 0 Å². The smallest absolute Gasteiger partial charge is 0.233 e. The molecule has 1 aromatic heterocycles. The summed E-state index contributed by atoms with van der Waals surface area (Å²) in [7, 11) is 0. The van der Waals surface area contributed by atoms with Gasteiger partial charge in [-0.2, -0.15) is 4.68 Å². The minimum atomic E-state index is -0.359. The molecule has 0 aliphatic carbocycles. The molecule has 0 bridgehead atoms. The van der Waals surface area contributed by atoms with Crippen LogP contribution in [0.3, 0.4) is 0 Å².